The van der Waals surface area contributed by atoms with Crippen molar-refractivity contribution in [2.24, 2.45) is 0 Å². The predicted molar refractivity (Wildman–Crippen MR) is 119 cm³/mol. The number of thiophene rings is 1. The molecule has 0 spiro atoms. The van der Waals surface area contributed by atoms with Gasteiger partial charge in [-0.25, -0.2) is 4.79 Å². The van der Waals surface area contributed by atoms with Crippen LogP contribution in [0.1, 0.15) is 24.3 Å². The van der Waals surface area contributed by atoms with E-state index in [2.05, 4.69) is 21.7 Å². The van der Waals surface area contributed by atoms with E-state index >= 15 is 0 Å². The van der Waals surface area contributed by atoms with Crippen molar-refractivity contribution in [2.75, 3.05) is 32.8 Å². The van der Waals surface area contributed by atoms with Crippen molar-refractivity contribution in [3.8, 4) is 0 Å². The minimum absolute atomic E-state index is 0.0370. The smallest absolute Gasteiger partial charge is 0.329 e. The summed E-state index contributed by atoms with van der Waals surface area (Å²) >= 11 is 1.71. The van der Waals surface area contributed by atoms with E-state index in [0.29, 0.717) is 19.6 Å². The van der Waals surface area contributed by atoms with Crippen LogP contribution >= 0.6 is 11.3 Å². The number of para-hydroxylation sites is 2. The van der Waals surface area contributed by atoms with Crippen molar-refractivity contribution in [1.82, 2.24) is 19.4 Å². The largest absolute Gasteiger partial charge is 0.379 e. The van der Waals surface area contributed by atoms with E-state index in [1.54, 1.807) is 20.5 Å². The van der Waals surface area contributed by atoms with Crippen LogP contribution in [0.2, 0.25) is 0 Å². The van der Waals surface area contributed by atoms with Crippen molar-refractivity contribution in [2.45, 2.75) is 32.5 Å². The van der Waals surface area contributed by atoms with E-state index in [1.807, 2.05) is 37.3 Å². The lowest BCUT2D eigenvalue weighted by Crippen LogP contribution is -2.43. The summed E-state index contributed by atoms with van der Waals surface area (Å²) in [5.74, 6) is -0.0370. The highest BCUT2D eigenvalue weighted by Gasteiger charge is 2.24. The average Bonchev–Trinajstić information content (AvgIpc) is 3.39. The Hall–Kier alpha value is -2.42. The number of ether oxygens (including phenoxy) is 1. The van der Waals surface area contributed by atoms with Crippen LogP contribution in [0, 0.1) is 0 Å². The van der Waals surface area contributed by atoms with Gasteiger partial charge in [0.15, 0.2) is 0 Å². The Morgan fingerprint density at radius 3 is 2.53 bits per heavy atom. The minimum Gasteiger partial charge on any atom is -0.379 e. The molecule has 7 nitrogen and oxygen atoms in total. The monoisotopic (exact) mass is 428 g/mol. The molecule has 30 heavy (non-hydrogen) atoms. The van der Waals surface area contributed by atoms with E-state index in [0.717, 1.165) is 37.3 Å². The second kappa shape index (κ2) is 9.59. The third-order valence-corrected chi connectivity index (χ3v) is 6.63. The molecule has 160 valence electrons. The number of aryl methyl sites for hydroxylation is 2. The summed E-state index contributed by atoms with van der Waals surface area (Å²) in [6.07, 6.45) is 0.276. The molecule has 0 unspecified atom stereocenters. The van der Waals surface area contributed by atoms with Gasteiger partial charge in [-0.05, 0) is 30.5 Å². The molecule has 0 bridgehead atoms. The molecule has 1 amide bonds. The number of carbonyl (C=O) groups is 1. The molecule has 3 aromatic rings. The summed E-state index contributed by atoms with van der Waals surface area (Å²) in [7, 11) is 0. The van der Waals surface area contributed by atoms with Crippen molar-refractivity contribution in [1.29, 1.82) is 0 Å². The molecule has 0 aliphatic carbocycles. The Morgan fingerprint density at radius 1 is 1.13 bits per heavy atom. The number of hydrogen-bond acceptors (Lipinski definition) is 5. The summed E-state index contributed by atoms with van der Waals surface area (Å²) < 4.78 is 8.93. The first-order valence-electron chi connectivity index (χ1n) is 10.5. The Morgan fingerprint density at radius 2 is 1.87 bits per heavy atom. The fourth-order valence-electron chi connectivity index (χ4n) is 4.09. The summed E-state index contributed by atoms with van der Waals surface area (Å²) in [4.78, 5) is 29.0. The number of fused-ring (bicyclic) bond motifs is 1. The Labute approximate surface area is 179 Å². The number of nitrogens with one attached hydrogen (secondary N) is 1. The Kier molecular flexibility index (Phi) is 6.66. The zero-order valence-corrected chi connectivity index (χ0v) is 18.1. The van der Waals surface area contributed by atoms with Gasteiger partial charge in [0.05, 0.1) is 30.3 Å². The highest BCUT2D eigenvalue weighted by Crippen LogP contribution is 2.25. The summed E-state index contributed by atoms with van der Waals surface area (Å²) in [6, 6.07) is 12.1. The molecular weight excluding hydrogens is 400 g/mol. The summed E-state index contributed by atoms with van der Waals surface area (Å²) in [6.45, 7) is 6.68. The van der Waals surface area contributed by atoms with Crippen molar-refractivity contribution in [3.63, 3.8) is 0 Å². The van der Waals surface area contributed by atoms with Gasteiger partial charge in [0.2, 0.25) is 5.91 Å². The number of morpholine rings is 1. The van der Waals surface area contributed by atoms with Gasteiger partial charge in [0.1, 0.15) is 0 Å². The molecule has 1 aromatic carbocycles. The molecule has 1 N–H and O–H groups in total. The first kappa shape index (κ1) is 20.8. The fourth-order valence-corrected chi connectivity index (χ4v) is 4.95. The van der Waals surface area contributed by atoms with Crippen LogP contribution < -0.4 is 11.0 Å². The fraction of sp³-hybridized carbons (Fsp3) is 0.455. The van der Waals surface area contributed by atoms with E-state index < -0.39 is 0 Å². The van der Waals surface area contributed by atoms with Crippen LogP contribution in [0.3, 0.4) is 0 Å². The highest BCUT2D eigenvalue weighted by atomic mass is 32.1. The molecule has 0 saturated carbocycles. The molecular formula is C22H28N4O3S. The number of carbonyl (C=O) groups excluding carboxylic acids is 1. The van der Waals surface area contributed by atoms with E-state index in [4.69, 9.17) is 4.74 Å². The van der Waals surface area contributed by atoms with Gasteiger partial charge < -0.3 is 10.1 Å². The van der Waals surface area contributed by atoms with Crippen molar-refractivity contribution < 1.29 is 9.53 Å². The maximum absolute atomic E-state index is 12.7. The topological polar surface area (TPSA) is 68.5 Å². The van der Waals surface area contributed by atoms with Crippen LogP contribution in [0.25, 0.3) is 11.0 Å². The molecule has 1 atom stereocenters. The van der Waals surface area contributed by atoms with E-state index in [9.17, 15) is 9.59 Å². The number of imidazole rings is 1. The first-order chi connectivity index (χ1) is 14.7. The van der Waals surface area contributed by atoms with Crippen LogP contribution in [0.15, 0.2) is 46.6 Å². The number of amides is 1. The summed E-state index contributed by atoms with van der Waals surface area (Å²) in [5, 5.41) is 5.16. The van der Waals surface area contributed by atoms with Crippen LogP contribution in [-0.4, -0.2) is 52.8 Å². The lowest BCUT2D eigenvalue weighted by atomic mass is 10.2. The molecule has 1 fully saturated rings. The average molecular weight is 429 g/mol. The maximum Gasteiger partial charge on any atom is 0.329 e. The van der Waals surface area contributed by atoms with Gasteiger partial charge in [0.25, 0.3) is 0 Å². The minimum atomic E-state index is -0.0590. The highest BCUT2D eigenvalue weighted by molar-refractivity contribution is 7.10. The molecule has 4 rings (SSSR count). The number of aromatic nitrogens is 2. The van der Waals surface area contributed by atoms with Gasteiger partial charge in [0, 0.05) is 44.0 Å². The molecule has 0 radical (unpaired) electrons. The SMILES string of the molecule is CCn1c(=O)n(CCC(=O)NC[C@@H](c2cccs2)N2CCOCC2)c2ccccc21. The maximum atomic E-state index is 12.7. The molecule has 3 heterocycles. The van der Waals surface area contributed by atoms with Crippen LogP contribution in [0.5, 0.6) is 0 Å². The second-order valence-electron chi connectivity index (χ2n) is 7.40. The van der Waals surface area contributed by atoms with Crippen LogP contribution in [-0.2, 0) is 22.6 Å². The normalized spacial score (nSPS) is 16.0. The molecule has 1 aliphatic rings. The zero-order valence-electron chi connectivity index (χ0n) is 17.3. The van der Waals surface area contributed by atoms with Gasteiger partial charge in [-0.2, -0.15) is 0 Å². The van der Waals surface area contributed by atoms with Gasteiger partial charge in [-0.3, -0.25) is 18.8 Å². The number of nitrogens with zero attached hydrogens (tertiary/aromatic N) is 3. The lowest BCUT2D eigenvalue weighted by molar-refractivity contribution is -0.121. The van der Waals surface area contributed by atoms with Gasteiger partial charge >= 0.3 is 5.69 Å². The molecule has 1 aliphatic heterocycles. The van der Waals surface area contributed by atoms with Crippen molar-refractivity contribution in [3.05, 3.63) is 57.1 Å². The number of hydrogen-bond donors (Lipinski definition) is 1. The second-order valence-corrected chi connectivity index (χ2v) is 8.38. The predicted octanol–water partition coefficient (Wildman–Crippen LogP) is 2.46. The van der Waals surface area contributed by atoms with Crippen LogP contribution in [0.4, 0.5) is 0 Å². The molecule has 8 heteroatoms. The quantitative estimate of drug-likeness (QED) is 0.599. The first-order valence-corrected chi connectivity index (χ1v) is 11.4. The third-order valence-electron chi connectivity index (χ3n) is 5.65. The summed E-state index contributed by atoms with van der Waals surface area (Å²) in [5.41, 5.74) is 1.73. The van der Waals surface area contributed by atoms with E-state index in [1.165, 1.54) is 4.88 Å². The van der Waals surface area contributed by atoms with Gasteiger partial charge in [-0.15, -0.1) is 11.3 Å². The molecule has 2 aromatic heterocycles. The Bertz CT molecular complexity index is 1030. The Balaban J connectivity index is 1.41. The third kappa shape index (κ3) is 4.35. The molecule has 1 saturated heterocycles. The van der Waals surface area contributed by atoms with Crippen molar-refractivity contribution >= 4 is 28.3 Å². The number of benzene rings is 1. The standard InChI is InChI=1S/C22H28N4O3S/c1-2-25-17-6-3-4-7-18(17)26(22(25)28)10-9-21(27)23-16-19(20-8-5-15-30-20)24-11-13-29-14-12-24/h3-8,15,19H,2,9-14,16H2,1H3,(H,23,27)/t19-/m0/s1. The lowest BCUT2D eigenvalue weighted by Gasteiger charge is -2.34. The number of rotatable bonds is 8. The van der Waals surface area contributed by atoms with E-state index in [-0.39, 0.29) is 24.1 Å². The van der Waals surface area contributed by atoms with Gasteiger partial charge in [-0.1, -0.05) is 18.2 Å². The zero-order chi connectivity index (χ0) is 20.9.